The third-order valence-corrected chi connectivity index (χ3v) is 4.64. The Bertz CT molecular complexity index is 847. The Morgan fingerprint density at radius 1 is 1.00 bits per heavy atom. The number of hydrogen-bond donors (Lipinski definition) is 0. The molecule has 0 saturated heterocycles. The molecule has 2 aromatic rings. The zero-order valence-corrected chi connectivity index (χ0v) is 13.7. The minimum absolute atomic E-state index is 0.0695. The van der Waals surface area contributed by atoms with Crippen molar-refractivity contribution in [3.63, 3.8) is 0 Å². The number of esters is 1. The number of benzene rings is 2. The lowest BCUT2D eigenvalue weighted by Gasteiger charge is -2.26. The van der Waals surface area contributed by atoms with Gasteiger partial charge < -0.3 is 4.74 Å². The molecule has 0 heterocycles. The molecule has 0 spiro atoms. The molecule has 3 rings (SSSR count). The van der Waals surface area contributed by atoms with Gasteiger partial charge in [-0.2, -0.15) is 0 Å². The maximum atomic E-state index is 13.2. The van der Waals surface area contributed by atoms with Crippen LogP contribution < -0.4 is 0 Å². The van der Waals surface area contributed by atoms with Gasteiger partial charge in [0.2, 0.25) is 0 Å². The van der Waals surface area contributed by atoms with Crippen LogP contribution >= 0.6 is 0 Å². The van der Waals surface area contributed by atoms with Gasteiger partial charge in [0.15, 0.2) is 5.78 Å². The fourth-order valence-corrected chi connectivity index (χ4v) is 3.20. The van der Waals surface area contributed by atoms with Crippen LogP contribution in [0, 0.1) is 0 Å². The summed E-state index contributed by atoms with van der Waals surface area (Å²) < 4.78 is 4.88. The number of methoxy groups -OCH3 is 1. The fourth-order valence-electron chi connectivity index (χ4n) is 3.20. The van der Waals surface area contributed by atoms with E-state index in [1.165, 1.54) is 7.11 Å². The molecule has 24 heavy (non-hydrogen) atoms. The molecule has 0 saturated carbocycles. The molecule has 0 aromatic heterocycles. The zero-order valence-electron chi connectivity index (χ0n) is 13.7. The first-order chi connectivity index (χ1) is 11.5. The monoisotopic (exact) mass is 318 g/mol. The molecule has 3 heteroatoms. The predicted molar refractivity (Wildman–Crippen MR) is 93.3 cm³/mol. The number of carbonyl (C=O) groups excluding carboxylic acids is 2. The third kappa shape index (κ3) is 2.21. The van der Waals surface area contributed by atoms with E-state index >= 15 is 0 Å². The number of hydrogen-bond acceptors (Lipinski definition) is 3. The number of ether oxygens (including phenoxy) is 1. The Labute approximate surface area is 141 Å². The van der Waals surface area contributed by atoms with Crippen LogP contribution in [0.25, 0.3) is 5.57 Å². The van der Waals surface area contributed by atoms with Crippen molar-refractivity contribution in [1.29, 1.82) is 0 Å². The van der Waals surface area contributed by atoms with Gasteiger partial charge in [-0.3, -0.25) is 4.79 Å². The minimum atomic E-state index is -0.976. The molecule has 0 fully saturated rings. The average molecular weight is 318 g/mol. The molecule has 1 aliphatic rings. The van der Waals surface area contributed by atoms with Crippen molar-refractivity contribution in [2.24, 2.45) is 0 Å². The maximum absolute atomic E-state index is 13.2. The zero-order chi connectivity index (χ0) is 17.3. The van der Waals surface area contributed by atoms with Crippen molar-refractivity contribution in [3.8, 4) is 0 Å². The summed E-state index contributed by atoms with van der Waals surface area (Å²) in [6.45, 7) is 5.98. The number of allylic oxidation sites excluding steroid dienone is 2. The van der Waals surface area contributed by atoms with Crippen molar-refractivity contribution in [3.05, 3.63) is 89.5 Å². The molecule has 3 nitrogen and oxygen atoms in total. The van der Waals surface area contributed by atoms with Crippen LogP contribution in [0.4, 0.5) is 0 Å². The topological polar surface area (TPSA) is 43.4 Å². The largest absolute Gasteiger partial charge is 0.465 e. The lowest BCUT2D eigenvalue weighted by Crippen LogP contribution is -2.32. The summed E-state index contributed by atoms with van der Waals surface area (Å²) in [6.07, 6.45) is 0. The molecule has 1 atom stereocenters. The Morgan fingerprint density at radius 3 is 2.08 bits per heavy atom. The summed E-state index contributed by atoms with van der Waals surface area (Å²) in [6, 6.07) is 18.8. The lowest BCUT2D eigenvalue weighted by molar-refractivity contribution is -0.138. The van der Waals surface area contributed by atoms with Crippen LogP contribution in [0.5, 0.6) is 0 Å². The average Bonchev–Trinajstić information content (AvgIpc) is 2.84. The van der Waals surface area contributed by atoms with Crippen molar-refractivity contribution in [2.75, 3.05) is 7.11 Å². The van der Waals surface area contributed by atoms with Crippen LogP contribution in [0.2, 0.25) is 0 Å². The van der Waals surface area contributed by atoms with E-state index in [4.69, 9.17) is 4.74 Å². The molecule has 0 bridgehead atoms. The van der Waals surface area contributed by atoms with E-state index in [0.29, 0.717) is 11.1 Å². The molecule has 0 radical (unpaired) electrons. The highest BCUT2D eigenvalue weighted by molar-refractivity contribution is 6.33. The molecule has 120 valence electrons. The molecule has 0 amide bonds. The smallest absolute Gasteiger partial charge is 0.342 e. The molecule has 2 aromatic carbocycles. The minimum Gasteiger partial charge on any atom is -0.465 e. The van der Waals surface area contributed by atoms with Crippen molar-refractivity contribution in [1.82, 2.24) is 0 Å². The van der Waals surface area contributed by atoms with Gasteiger partial charge in [0.25, 0.3) is 0 Å². The van der Waals surface area contributed by atoms with Crippen molar-refractivity contribution in [2.45, 2.75) is 12.3 Å². The Kier molecular flexibility index (Phi) is 3.94. The third-order valence-electron chi connectivity index (χ3n) is 4.64. The van der Waals surface area contributed by atoms with E-state index in [1.54, 1.807) is 0 Å². The quantitative estimate of drug-likeness (QED) is 0.640. The molecule has 1 aliphatic carbocycles. The van der Waals surface area contributed by atoms with Gasteiger partial charge in [0.1, 0.15) is 5.57 Å². The van der Waals surface area contributed by atoms with Gasteiger partial charge in [-0.15, -0.1) is 0 Å². The van der Waals surface area contributed by atoms with E-state index in [9.17, 15) is 9.59 Å². The lowest BCUT2D eigenvalue weighted by atomic mass is 9.75. The Morgan fingerprint density at radius 2 is 1.54 bits per heavy atom. The van der Waals surface area contributed by atoms with Gasteiger partial charge in [0, 0.05) is 5.57 Å². The number of carbonyl (C=O) groups is 2. The van der Waals surface area contributed by atoms with E-state index < -0.39 is 11.4 Å². The maximum Gasteiger partial charge on any atom is 0.342 e. The van der Waals surface area contributed by atoms with Crippen LogP contribution in [0.3, 0.4) is 0 Å². The highest BCUT2D eigenvalue weighted by Gasteiger charge is 2.50. The molecule has 0 unspecified atom stereocenters. The van der Waals surface area contributed by atoms with E-state index in [0.717, 1.165) is 11.1 Å². The van der Waals surface area contributed by atoms with Gasteiger partial charge in [-0.25, -0.2) is 4.79 Å². The Hall–Kier alpha value is -2.94. The summed E-state index contributed by atoms with van der Waals surface area (Å²) in [7, 11) is 1.28. The van der Waals surface area contributed by atoms with Gasteiger partial charge >= 0.3 is 5.97 Å². The molecular weight excluding hydrogens is 300 g/mol. The summed E-state index contributed by atoms with van der Waals surface area (Å²) in [5.41, 5.74) is 1.88. The summed E-state index contributed by atoms with van der Waals surface area (Å²) >= 11 is 0. The SMILES string of the molecule is C=C1C(c2ccccc2)=C(C(=O)OC)C(=O)[C@@]1(C)c1ccccc1. The number of ketones is 1. The summed E-state index contributed by atoms with van der Waals surface area (Å²) in [4.78, 5) is 25.5. The van der Waals surface area contributed by atoms with Crippen LogP contribution in [0.1, 0.15) is 18.1 Å². The second kappa shape index (κ2) is 5.93. The van der Waals surface area contributed by atoms with E-state index in [2.05, 4.69) is 6.58 Å². The first-order valence-corrected chi connectivity index (χ1v) is 7.70. The van der Waals surface area contributed by atoms with Crippen LogP contribution in [-0.4, -0.2) is 18.9 Å². The first-order valence-electron chi connectivity index (χ1n) is 7.70. The van der Waals surface area contributed by atoms with Gasteiger partial charge in [-0.05, 0) is 23.6 Å². The second-order valence-electron chi connectivity index (χ2n) is 5.91. The number of rotatable bonds is 3. The van der Waals surface area contributed by atoms with E-state index in [1.807, 2.05) is 67.6 Å². The van der Waals surface area contributed by atoms with E-state index in [-0.39, 0.29) is 11.4 Å². The first kappa shape index (κ1) is 15.9. The van der Waals surface area contributed by atoms with Gasteiger partial charge in [-0.1, -0.05) is 67.2 Å². The predicted octanol–water partition coefficient (Wildman–Crippen LogP) is 3.71. The summed E-state index contributed by atoms with van der Waals surface area (Å²) in [5.74, 6) is -0.899. The normalized spacial score (nSPS) is 20.4. The van der Waals surface area contributed by atoms with Crippen LogP contribution in [0.15, 0.2) is 78.4 Å². The Balaban J connectivity index is 2.24. The fraction of sp³-hybridized carbons (Fsp3) is 0.143. The highest BCUT2D eigenvalue weighted by Crippen LogP contribution is 2.49. The highest BCUT2D eigenvalue weighted by atomic mass is 16.5. The van der Waals surface area contributed by atoms with Crippen molar-refractivity contribution >= 4 is 17.3 Å². The van der Waals surface area contributed by atoms with Gasteiger partial charge in [0.05, 0.1) is 12.5 Å². The standard InChI is InChI=1S/C21H18O3/c1-14-17(15-10-6-4-7-11-15)18(20(23)24-3)19(22)21(14,2)16-12-8-5-9-13-16/h4-13H,1H2,2-3H3/t21-/m1/s1. The molecule has 0 aliphatic heterocycles. The summed E-state index contributed by atoms with van der Waals surface area (Å²) in [5, 5.41) is 0. The molecular formula is C21H18O3. The number of Topliss-reactive ketones (excluding diaryl/α,β-unsaturated/α-hetero) is 1. The van der Waals surface area contributed by atoms with Crippen LogP contribution in [-0.2, 0) is 19.7 Å². The molecule has 0 N–H and O–H groups in total. The van der Waals surface area contributed by atoms with Crippen molar-refractivity contribution < 1.29 is 14.3 Å². The second-order valence-corrected chi connectivity index (χ2v) is 5.91.